The second-order valence-electron chi connectivity index (χ2n) is 8.12. The number of anilines is 1. The fourth-order valence-electron chi connectivity index (χ4n) is 3.82. The van der Waals surface area contributed by atoms with Crippen LogP contribution < -0.4 is 5.32 Å². The van der Waals surface area contributed by atoms with Gasteiger partial charge in [-0.1, -0.05) is 42.1 Å². The van der Waals surface area contributed by atoms with Crippen molar-refractivity contribution < 1.29 is 20.1 Å². The highest BCUT2D eigenvalue weighted by atomic mass is 35.5. The number of benzene rings is 1. The van der Waals surface area contributed by atoms with Gasteiger partial charge in [0.05, 0.1) is 18.6 Å². The van der Waals surface area contributed by atoms with E-state index in [1.165, 1.54) is 10.9 Å². The van der Waals surface area contributed by atoms with E-state index < -0.39 is 31.1 Å². The van der Waals surface area contributed by atoms with E-state index >= 15 is 0 Å². The average Bonchev–Trinajstić information content (AvgIpc) is 3.57. The lowest BCUT2D eigenvalue weighted by Gasteiger charge is -2.17. The molecule has 0 radical (unpaired) electrons. The van der Waals surface area contributed by atoms with E-state index in [9.17, 15) is 15.3 Å². The molecule has 4 N–H and O–H groups in total. The SMILES string of the molecule is CC(CSc1nc(-c2ccccc2)cs1)Nc1nc(Cl)nc2c1ncn2[C@@H]1O[C@H](CO)C(O)C1O. The molecule has 10 nitrogen and oxygen atoms in total. The van der Waals surface area contributed by atoms with Crippen LogP contribution in [0.3, 0.4) is 0 Å². The maximum Gasteiger partial charge on any atom is 0.226 e. The van der Waals surface area contributed by atoms with Gasteiger partial charge in [0.15, 0.2) is 27.5 Å². The van der Waals surface area contributed by atoms with Crippen LogP contribution in [0.4, 0.5) is 5.82 Å². The van der Waals surface area contributed by atoms with Crippen LogP contribution in [0.2, 0.25) is 5.28 Å². The minimum atomic E-state index is -1.26. The van der Waals surface area contributed by atoms with Crippen molar-refractivity contribution in [3.63, 3.8) is 0 Å². The van der Waals surface area contributed by atoms with Gasteiger partial charge in [-0.05, 0) is 18.5 Å². The summed E-state index contributed by atoms with van der Waals surface area (Å²) < 4.78 is 8.06. The van der Waals surface area contributed by atoms with Gasteiger partial charge in [0.25, 0.3) is 0 Å². The Morgan fingerprint density at radius 2 is 2.00 bits per heavy atom. The molecule has 1 aliphatic rings. The summed E-state index contributed by atoms with van der Waals surface area (Å²) in [4.78, 5) is 17.6. The van der Waals surface area contributed by atoms with Gasteiger partial charge < -0.3 is 25.4 Å². The lowest BCUT2D eigenvalue weighted by Crippen LogP contribution is -2.33. The molecule has 0 amide bonds. The van der Waals surface area contributed by atoms with E-state index in [0.717, 1.165) is 21.3 Å². The second-order valence-corrected chi connectivity index (χ2v) is 10.6. The number of thioether (sulfide) groups is 1. The highest BCUT2D eigenvalue weighted by Crippen LogP contribution is 2.33. The Morgan fingerprint density at radius 1 is 1.20 bits per heavy atom. The van der Waals surface area contributed by atoms with Crippen LogP contribution in [0, 0.1) is 0 Å². The third kappa shape index (κ3) is 5.00. The summed E-state index contributed by atoms with van der Waals surface area (Å²) in [6.45, 7) is 1.59. The molecule has 0 saturated carbocycles. The first-order valence-electron chi connectivity index (χ1n) is 10.9. The van der Waals surface area contributed by atoms with Gasteiger partial charge in [-0.25, -0.2) is 9.97 Å². The average molecular weight is 535 g/mol. The molecule has 0 aliphatic carbocycles. The highest BCUT2D eigenvalue weighted by molar-refractivity contribution is 8.01. The van der Waals surface area contributed by atoms with Crippen LogP contribution in [-0.2, 0) is 4.74 Å². The Morgan fingerprint density at radius 3 is 2.74 bits per heavy atom. The number of halogens is 1. The maximum atomic E-state index is 10.4. The molecule has 4 aromatic rings. The number of thiazole rings is 1. The molecule has 3 unspecified atom stereocenters. The van der Waals surface area contributed by atoms with Crippen LogP contribution in [0.5, 0.6) is 0 Å². The first-order valence-corrected chi connectivity index (χ1v) is 13.1. The summed E-state index contributed by atoms with van der Waals surface area (Å²) in [7, 11) is 0. The lowest BCUT2D eigenvalue weighted by atomic mass is 10.1. The van der Waals surface area contributed by atoms with Gasteiger partial charge in [0.2, 0.25) is 5.28 Å². The molecular formula is C22H23ClN6O4S2. The fraction of sp³-hybridized carbons (Fsp3) is 0.364. The summed E-state index contributed by atoms with van der Waals surface area (Å²) in [5.41, 5.74) is 2.84. The van der Waals surface area contributed by atoms with E-state index in [2.05, 4.69) is 20.3 Å². The Labute approximate surface area is 214 Å². The zero-order valence-electron chi connectivity index (χ0n) is 18.5. The molecule has 1 saturated heterocycles. The van der Waals surface area contributed by atoms with Crippen molar-refractivity contribution in [2.75, 3.05) is 17.7 Å². The number of imidazole rings is 1. The first-order chi connectivity index (χ1) is 16.9. The molecule has 1 aromatic carbocycles. The van der Waals surface area contributed by atoms with Crippen molar-refractivity contribution in [3.05, 3.63) is 47.3 Å². The standard InChI is InChI=1S/C22H23ClN6O4S2/c1-11(8-34-22-26-13(9-35-22)12-5-3-2-4-6-12)25-18-15-19(28-21(23)27-18)29(10-24-15)20-17(32)16(31)14(7-30)33-20/h2-6,9-11,14,16-17,20,30-32H,7-8H2,1H3,(H,25,27,28)/t11?,14-,16?,17?,20-/m1/s1. The van der Waals surface area contributed by atoms with Crippen molar-refractivity contribution >= 4 is 51.7 Å². The summed E-state index contributed by atoms with van der Waals surface area (Å²) in [5.74, 6) is 1.17. The molecule has 4 heterocycles. The Hall–Kier alpha value is -2.32. The molecule has 184 valence electrons. The Balaban J connectivity index is 1.29. The number of nitrogens with zero attached hydrogens (tertiary/aromatic N) is 5. The van der Waals surface area contributed by atoms with E-state index in [4.69, 9.17) is 21.3 Å². The molecule has 0 bridgehead atoms. The van der Waals surface area contributed by atoms with Gasteiger partial charge in [-0.2, -0.15) is 9.97 Å². The van der Waals surface area contributed by atoms with Crippen LogP contribution in [0.15, 0.2) is 46.4 Å². The molecule has 1 aliphatic heterocycles. The number of aliphatic hydroxyl groups is 3. The number of fused-ring (bicyclic) bond motifs is 1. The van der Waals surface area contributed by atoms with E-state index in [-0.39, 0.29) is 11.3 Å². The summed E-state index contributed by atoms with van der Waals surface area (Å²) >= 11 is 9.43. The van der Waals surface area contributed by atoms with Gasteiger partial charge in [-0.15, -0.1) is 11.3 Å². The zero-order valence-corrected chi connectivity index (χ0v) is 20.9. The number of hydrogen-bond acceptors (Lipinski definition) is 11. The van der Waals surface area contributed by atoms with Crippen LogP contribution in [0.25, 0.3) is 22.4 Å². The van der Waals surface area contributed by atoms with Crippen molar-refractivity contribution in [3.8, 4) is 11.3 Å². The Bertz CT molecular complexity index is 1310. The van der Waals surface area contributed by atoms with Crippen LogP contribution >= 0.6 is 34.7 Å². The smallest absolute Gasteiger partial charge is 0.226 e. The van der Waals surface area contributed by atoms with E-state index in [1.54, 1.807) is 23.1 Å². The number of hydrogen-bond donors (Lipinski definition) is 4. The second kappa shape index (κ2) is 10.3. The fourth-order valence-corrected chi connectivity index (χ4v) is 5.80. The zero-order chi connectivity index (χ0) is 24.5. The van der Waals surface area contributed by atoms with E-state index in [0.29, 0.717) is 17.0 Å². The summed E-state index contributed by atoms with van der Waals surface area (Å²) in [6, 6.07) is 10.0. The number of aromatic nitrogens is 5. The number of rotatable bonds is 8. The van der Waals surface area contributed by atoms with Gasteiger partial charge >= 0.3 is 0 Å². The van der Waals surface area contributed by atoms with Gasteiger partial charge in [0.1, 0.15) is 18.3 Å². The van der Waals surface area contributed by atoms with Crippen molar-refractivity contribution in [2.24, 2.45) is 0 Å². The molecule has 35 heavy (non-hydrogen) atoms. The van der Waals surface area contributed by atoms with Gasteiger partial charge in [0, 0.05) is 22.7 Å². The number of aliphatic hydroxyl groups excluding tert-OH is 3. The Kier molecular flexibility index (Phi) is 7.21. The quantitative estimate of drug-likeness (QED) is 0.197. The monoisotopic (exact) mass is 534 g/mol. The molecule has 0 spiro atoms. The minimum Gasteiger partial charge on any atom is -0.394 e. The van der Waals surface area contributed by atoms with Crippen molar-refractivity contribution in [1.82, 2.24) is 24.5 Å². The third-order valence-electron chi connectivity index (χ3n) is 5.58. The maximum absolute atomic E-state index is 10.4. The molecule has 5 rings (SSSR count). The number of nitrogens with one attached hydrogen (secondary N) is 1. The van der Waals surface area contributed by atoms with Crippen LogP contribution in [-0.4, -0.2) is 76.5 Å². The topological polar surface area (TPSA) is 138 Å². The highest BCUT2D eigenvalue weighted by Gasteiger charge is 2.44. The molecule has 5 atom stereocenters. The summed E-state index contributed by atoms with van der Waals surface area (Å²) in [6.07, 6.45) is -2.93. The predicted octanol–water partition coefficient (Wildman–Crippen LogP) is 2.81. The molecule has 1 fully saturated rings. The van der Waals surface area contributed by atoms with Crippen LogP contribution in [0.1, 0.15) is 13.2 Å². The normalized spacial score (nSPS) is 23.1. The van der Waals surface area contributed by atoms with E-state index in [1.807, 2.05) is 42.6 Å². The first kappa shape index (κ1) is 24.4. The minimum absolute atomic E-state index is 0.000716. The number of ether oxygens (including phenoxy) is 1. The summed E-state index contributed by atoms with van der Waals surface area (Å²) in [5, 5.41) is 35.3. The van der Waals surface area contributed by atoms with Crippen molar-refractivity contribution in [2.45, 2.75) is 41.8 Å². The largest absolute Gasteiger partial charge is 0.394 e. The predicted molar refractivity (Wildman–Crippen MR) is 135 cm³/mol. The van der Waals surface area contributed by atoms with Crippen molar-refractivity contribution in [1.29, 1.82) is 0 Å². The van der Waals surface area contributed by atoms with Gasteiger partial charge in [-0.3, -0.25) is 4.57 Å². The molecule has 13 heteroatoms. The third-order valence-corrected chi connectivity index (χ3v) is 8.03. The lowest BCUT2D eigenvalue weighted by molar-refractivity contribution is -0.0511. The molecule has 3 aromatic heterocycles. The molecular weight excluding hydrogens is 512 g/mol.